The molecule has 0 aromatic carbocycles. The molecule has 4 heteroatoms. The minimum Gasteiger partial charge on any atom is -0.301 e. The highest BCUT2D eigenvalue weighted by Gasteiger charge is 2.25. The van der Waals surface area contributed by atoms with E-state index in [2.05, 4.69) is 35.5 Å². The third-order valence-corrected chi connectivity index (χ3v) is 4.41. The highest BCUT2D eigenvalue weighted by atomic mass is 32.1. The molecule has 2 rings (SSSR count). The molecule has 0 bridgehead atoms. The Hall–Kier alpha value is -0.640. The van der Waals surface area contributed by atoms with Crippen molar-refractivity contribution in [3.05, 3.63) is 10.6 Å². The van der Waals surface area contributed by atoms with E-state index in [1.165, 1.54) is 38.5 Å². The van der Waals surface area contributed by atoms with Crippen LogP contribution in [0, 0.1) is 10.7 Å². The molecule has 0 unspecified atom stereocenters. The Balaban J connectivity index is 2.10. The summed E-state index contributed by atoms with van der Waals surface area (Å²) in [5, 5.41) is 7.36. The molecule has 1 aliphatic carbocycles. The fourth-order valence-electron chi connectivity index (χ4n) is 3.18. The van der Waals surface area contributed by atoms with Gasteiger partial charge in [0.1, 0.15) is 5.82 Å². The van der Waals surface area contributed by atoms with Crippen LogP contribution >= 0.6 is 12.2 Å². The van der Waals surface area contributed by atoms with Gasteiger partial charge in [-0.05, 0) is 43.8 Å². The number of hydrogen-bond donors (Lipinski definition) is 1. The molecule has 1 N–H and O–H groups in total. The van der Waals surface area contributed by atoms with Gasteiger partial charge in [-0.1, -0.05) is 33.6 Å². The molecule has 0 spiro atoms. The summed E-state index contributed by atoms with van der Waals surface area (Å²) in [6, 6.07) is 0.571. The average molecular weight is 267 g/mol. The Kier molecular flexibility index (Phi) is 4.60. The maximum absolute atomic E-state index is 5.40. The SMILES string of the molecule is CCCC1CCC(n2c(C(C)C)n[nH]c2=S)CC1. The molecule has 1 aliphatic rings. The van der Waals surface area contributed by atoms with Crippen molar-refractivity contribution in [1.29, 1.82) is 0 Å². The fourth-order valence-corrected chi connectivity index (χ4v) is 3.47. The summed E-state index contributed by atoms with van der Waals surface area (Å²) in [6.07, 6.45) is 7.93. The zero-order chi connectivity index (χ0) is 13.1. The molecule has 0 aliphatic heterocycles. The molecular weight excluding hydrogens is 242 g/mol. The molecule has 18 heavy (non-hydrogen) atoms. The summed E-state index contributed by atoms with van der Waals surface area (Å²) in [4.78, 5) is 0. The molecule has 1 aromatic rings. The van der Waals surface area contributed by atoms with Crippen LogP contribution < -0.4 is 0 Å². The van der Waals surface area contributed by atoms with Crippen molar-refractivity contribution >= 4 is 12.2 Å². The van der Waals surface area contributed by atoms with Gasteiger partial charge in [0.15, 0.2) is 4.77 Å². The third-order valence-electron chi connectivity index (χ3n) is 4.13. The van der Waals surface area contributed by atoms with Crippen molar-refractivity contribution in [2.45, 2.75) is 71.3 Å². The standard InChI is InChI=1S/C14H25N3S/c1-4-5-11-6-8-12(9-7-11)17-13(10(2)3)15-16-14(17)18/h10-12H,4-9H2,1-3H3,(H,16,18). The van der Waals surface area contributed by atoms with E-state index in [-0.39, 0.29) is 0 Å². The van der Waals surface area contributed by atoms with Crippen LogP contribution in [0.3, 0.4) is 0 Å². The van der Waals surface area contributed by atoms with E-state index < -0.39 is 0 Å². The second-order valence-corrected chi connectivity index (χ2v) is 6.26. The van der Waals surface area contributed by atoms with Crippen molar-refractivity contribution in [1.82, 2.24) is 14.8 Å². The summed E-state index contributed by atoms with van der Waals surface area (Å²) in [5.74, 6) is 2.50. The van der Waals surface area contributed by atoms with E-state index >= 15 is 0 Å². The molecule has 0 amide bonds. The van der Waals surface area contributed by atoms with Gasteiger partial charge in [0.05, 0.1) is 0 Å². The first-order chi connectivity index (χ1) is 8.63. The quantitative estimate of drug-likeness (QED) is 0.809. The predicted molar refractivity (Wildman–Crippen MR) is 77.4 cm³/mol. The zero-order valence-corrected chi connectivity index (χ0v) is 12.6. The molecule has 0 radical (unpaired) electrons. The van der Waals surface area contributed by atoms with Crippen LogP contribution in [0.15, 0.2) is 0 Å². The number of hydrogen-bond acceptors (Lipinski definition) is 2. The highest BCUT2D eigenvalue weighted by Crippen LogP contribution is 2.35. The van der Waals surface area contributed by atoms with E-state index in [0.29, 0.717) is 12.0 Å². The number of nitrogens with zero attached hydrogens (tertiary/aromatic N) is 2. The van der Waals surface area contributed by atoms with E-state index in [4.69, 9.17) is 12.2 Å². The lowest BCUT2D eigenvalue weighted by Crippen LogP contribution is -2.20. The van der Waals surface area contributed by atoms with Crippen molar-refractivity contribution in [3.8, 4) is 0 Å². The number of aromatic amines is 1. The van der Waals surface area contributed by atoms with Crippen LogP contribution in [0.25, 0.3) is 0 Å². The lowest BCUT2D eigenvalue weighted by molar-refractivity contribution is 0.256. The highest BCUT2D eigenvalue weighted by molar-refractivity contribution is 7.71. The minimum absolute atomic E-state index is 0.436. The van der Waals surface area contributed by atoms with Crippen LogP contribution in [-0.2, 0) is 0 Å². The number of nitrogens with one attached hydrogen (secondary N) is 1. The molecule has 0 saturated heterocycles. The molecule has 1 saturated carbocycles. The first kappa shape index (κ1) is 13.8. The lowest BCUT2D eigenvalue weighted by atomic mass is 9.83. The Morgan fingerprint density at radius 1 is 1.33 bits per heavy atom. The molecule has 3 nitrogen and oxygen atoms in total. The molecule has 1 aromatic heterocycles. The summed E-state index contributed by atoms with van der Waals surface area (Å²) < 4.78 is 3.08. The topological polar surface area (TPSA) is 33.6 Å². The second kappa shape index (κ2) is 6.00. The normalized spacial score (nSPS) is 24.7. The van der Waals surface area contributed by atoms with Gasteiger partial charge in [-0.25, -0.2) is 0 Å². The second-order valence-electron chi connectivity index (χ2n) is 5.87. The van der Waals surface area contributed by atoms with Crippen molar-refractivity contribution in [3.63, 3.8) is 0 Å². The molecule has 102 valence electrons. The Bertz CT molecular complexity index is 424. The van der Waals surface area contributed by atoms with Crippen molar-refractivity contribution in [2.75, 3.05) is 0 Å². The molecular formula is C14H25N3S. The van der Waals surface area contributed by atoms with Gasteiger partial charge in [-0.3, -0.25) is 5.10 Å². The summed E-state index contributed by atoms with van der Waals surface area (Å²) in [6.45, 7) is 6.66. The largest absolute Gasteiger partial charge is 0.301 e. The number of H-pyrrole nitrogens is 1. The number of rotatable bonds is 4. The van der Waals surface area contributed by atoms with Gasteiger partial charge < -0.3 is 4.57 Å². The molecule has 1 fully saturated rings. The summed E-state index contributed by atoms with van der Waals surface area (Å²) in [7, 11) is 0. The van der Waals surface area contributed by atoms with E-state index in [0.717, 1.165) is 16.5 Å². The van der Waals surface area contributed by atoms with Gasteiger partial charge in [0.2, 0.25) is 0 Å². The Morgan fingerprint density at radius 2 is 2.00 bits per heavy atom. The van der Waals surface area contributed by atoms with Gasteiger partial charge in [-0.15, -0.1) is 0 Å². The van der Waals surface area contributed by atoms with Gasteiger partial charge in [0.25, 0.3) is 0 Å². The van der Waals surface area contributed by atoms with E-state index in [9.17, 15) is 0 Å². The average Bonchev–Trinajstić information content (AvgIpc) is 2.73. The number of aromatic nitrogens is 3. The summed E-state index contributed by atoms with van der Waals surface area (Å²) >= 11 is 5.40. The van der Waals surface area contributed by atoms with E-state index in [1.807, 2.05) is 0 Å². The third kappa shape index (κ3) is 2.85. The Labute approximate surface area is 115 Å². The van der Waals surface area contributed by atoms with Crippen molar-refractivity contribution < 1.29 is 0 Å². The lowest BCUT2D eigenvalue weighted by Gasteiger charge is -2.30. The molecule has 1 heterocycles. The monoisotopic (exact) mass is 267 g/mol. The van der Waals surface area contributed by atoms with Crippen LogP contribution in [0.4, 0.5) is 0 Å². The first-order valence-electron chi connectivity index (χ1n) is 7.30. The smallest absolute Gasteiger partial charge is 0.195 e. The maximum Gasteiger partial charge on any atom is 0.195 e. The van der Waals surface area contributed by atoms with Gasteiger partial charge >= 0.3 is 0 Å². The minimum atomic E-state index is 0.436. The predicted octanol–water partition coefficient (Wildman–Crippen LogP) is 4.60. The Morgan fingerprint density at radius 3 is 2.56 bits per heavy atom. The van der Waals surface area contributed by atoms with Crippen LogP contribution in [-0.4, -0.2) is 14.8 Å². The van der Waals surface area contributed by atoms with Crippen LogP contribution in [0.1, 0.15) is 77.1 Å². The van der Waals surface area contributed by atoms with Crippen LogP contribution in [0.2, 0.25) is 0 Å². The molecule has 0 atom stereocenters. The summed E-state index contributed by atoms with van der Waals surface area (Å²) in [5.41, 5.74) is 0. The van der Waals surface area contributed by atoms with Crippen molar-refractivity contribution in [2.24, 2.45) is 5.92 Å². The van der Waals surface area contributed by atoms with E-state index in [1.54, 1.807) is 0 Å². The zero-order valence-electron chi connectivity index (χ0n) is 11.8. The van der Waals surface area contributed by atoms with Gasteiger partial charge in [0, 0.05) is 12.0 Å². The first-order valence-corrected chi connectivity index (χ1v) is 7.71. The maximum atomic E-state index is 5.40. The fraction of sp³-hybridized carbons (Fsp3) is 0.857. The van der Waals surface area contributed by atoms with Gasteiger partial charge in [-0.2, -0.15) is 5.10 Å². The van der Waals surface area contributed by atoms with Crippen LogP contribution in [0.5, 0.6) is 0 Å².